The fourth-order valence-corrected chi connectivity index (χ4v) is 5.14. The maximum atomic E-state index is 12.7. The molecule has 1 aliphatic heterocycles. The van der Waals surface area contributed by atoms with Gasteiger partial charge in [0.2, 0.25) is 5.91 Å². The van der Waals surface area contributed by atoms with Crippen LogP contribution in [0.1, 0.15) is 78.0 Å². The molecule has 1 unspecified atom stereocenters. The van der Waals surface area contributed by atoms with Crippen molar-refractivity contribution in [2.75, 3.05) is 20.1 Å². The minimum atomic E-state index is 0.0475. The third-order valence-electron chi connectivity index (χ3n) is 7.14. The summed E-state index contributed by atoms with van der Waals surface area (Å²) >= 11 is 0. The monoisotopic (exact) mass is 571 g/mol. The van der Waals surface area contributed by atoms with Crippen molar-refractivity contribution in [3.8, 4) is 33.6 Å². The first kappa shape index (κ1) is 32.8. The molecule has 0 bridgehead atoms. The molecule has 5 N–H and O–H groups in total. The Morgan fingerprint density at radius 2 is 1.48 bits per heavy atom. The lowest BCUT2D eigenvalue weighted by Crippen LogP contribution is -2.31. The molecule has 8 nitrogen and oxygen atoms in total. The standard InChI is InChI=1S/C31H38N6O.C2H6.CH5N/c1-4-15-32-20-29-33-18-26(35-29)24-11-7-22(8-12-24)23-9-13-25(14-10-23)27-19-34-31(36-27)28-6-5-16-37(28)30(38)17-21(2)3;2*1-2/h7-14,18-19,21,28,32H,4-6,15-17,20H2,1-3H3,(H,33,35)(H,34,36);1-2H3;2H2,1H3. The van der Waals surface area contributed by atoms with Gasteiger partial charge in [-0.2, -0.15) is 0 Å². The van der Waals surface area contributed by atoms with Crippen molar-refractivity contribution >= 4 is 5.91 Å². The largest absolute Gasteiger partial charge is 0.341 e. The van der Waals surface area contributed by atoms with Crippen molar-refractivity contribution in [2.45, 2.75) is 72.9 Å². The Kier molecular flexibility index (Phi) is 13.0. The second-order valence-corrected chi connectivity index (χ2v) is 10.6. The number of nitrogens with two attached hydrogens (primary N) is 1. The fraction of sp³-hybridized carbons (Fsp3) is 0.441. The van der Waals surface area contributed by atoms with Gasteiger partial charge >= 0.3 is 0 Å². The van der Waals surface area contributed by atoms with E-state index in [1.165, 1.54) is 12.6 Å². The van der Waals surface area contributed by atoms with Gasteiger partial charge in [-0.1, -0.05) is 83.1 Å². The van der Waals surface area contributed by atoms with Crippen LogP contribution in [0, 0.1) is 5.92 Å². The van der Waals surface area contributed by atoms with E-state index >= 15 is 0 Å². The van der Waals surface area contributed by atoms with E-state index in [0.29, 0.717) is 12.3 Å². The summed E-state index contributed by atoms with van der Waals surface area (Å²) in [6.45, 7) is 12.9. The van der Waals surface area contributed by atoms with Crippen molar-refractivity contribution in [2.24, 2.45) is 11.7 Å². The summed E-state index contributed by atoms with van der Waals surface area (Å²) in [6.07, 6.45) is 7.47. The van der Waals surface area contributed by atoms with E-state index in [2.05, 4.69) is 100 Å². The van der Waals surface area contributed by atoms with E-state index in [1.807, 2.05) is 31.1 Å². The highest BCUT2D eigenvalue weighted by Gasteiger charge is 2.32. The van der Waals surface area contributed by atoms with Crippen LogP contribution in [0.4, 0.5) is 0 Å². The van der Waals surface area contributed by atoms with E-state index in [1.54, 1.807) is 0 Å². The van der Waals surface area contributed by atoms with E-state index in [9.17, 15) is 4.79 Å². The van der Waals surface area contributed by atoms with Gasteiger partial charge in [0.05, 0.1) is 36.4 Å². The number of nitrogens with zero attached hydrogens (tertiary/aromatic N) is 3. The molecule has 42 heavy (non-hydrogen) atoms. The summed E-state index contributed by atoms with van der Waals surface area (Å²) in [5, 5.41) is 3.38. The molecule has 1 atom stereocenters. The average molecular weight is 572 g/mol. The molecule has 0 aliphatic carbocycles. The highest BCUT2D eigenvalue weighted by Crippen LogP contribution is 2.33. The lowest BCUT2D eigenvalue weighted by atomic mass is 10.0. The Labute approximate surface area is 251 Å². The number of imidazole rings is 2. The minimum Gasteiger partial charge on any atom is -0.341 e. The summed E-state index contributed by atoms with van der Waals surface area (Å²) in [4.78, 5) is 30.8. The fourth-order valence-electron chi connectivity index (χ4n) is 5.14. The third kappa shape index (κ3) is 8.39. The van der Waals surface area contributed by atoms with Crippen molar-refractivity contribution in [1.29, 1.82) is 0 Å². The van der Waals surface area contributed by atoms with Crippen molar-refractivity contribution in [1.82, 2.24) is 30.2 Å². The van der Waals surface area contributed by atoms with Gasteiger partial charge in [-0.3, -0.25) is 4.79 Å². The zero-order valence-corrected chi connectivity index (χ0v) is 26.2. The number of aromatic amines is 2. The Morgan fingerprint density at radius 1 is 0.929 bits per heavy atom. The molecule has 1 saturated heterocycles. The van der Waals surface area contributed by atoms with E-state index in [0.717, 1.165) is 78.6 Å². The van der Waals surface area contributed by atoms with Crippen LogP contribution in [0.15, 0.2) is 60.9 Å². The Bertz CT molecular complexity index is 1340. The zero-order valence-electron chi connectivity index (χ0n) is 26.2. The topological polar surface area (TPSA) is 116 Å². The number of H-pyrrole nitrogens is 2. The van der Waals surface area contributed by atoms with E-state index in [-0.39, 0.29) is 11.9 Å². The van der Waals surface area contributed by atoms with Crippen LogP contribution in [0.2, 0.25) is 0 Å². The quantitative estimate of drug-likeness (QED) is 0.154. The first-order valence-electron chi connectivity index (χ1n) is 15.4. The minimum absolute atomic E-state index is 0.0475. The number of nitrogens with one attached hydrogen (secondary N) is 3. The van der Waals surface area contributed by atoms with Crippen LogP contribution < -0.4 is 11.1 Å². The van der Waals surface area contributed by atoms with Crippen molar-refractivity contribution in [3.63, 3.8) is 0 Å². The van der Waals surface area contributed by atoms with Gasteiger partial charge in [0.15, 0.2) is 0 Å². The molecule has 0 saturated carbocycles. The van der Waals surface area contributed by atoms with Crippen LogP contribution in [-0.4, -0.2) is 50.9 Å². The molecule has 8 heteroatoms. The molecular formula is C34H49N7O. The maximum Gasteiger partial charge on any atom is 0.223 e. The number of benzene rings is 2. The van der Waals surface area contributed by atoms with Gasteiger partial charge in [0.25, 0.3) is 0 Å². The summed E-state index contributed by atoms with van der Waals surface area (Å²) in [5.74, 6) is 2.44. The molecule has 2 aromatic heterocycles. The normalized spacial score (nSPS) is 14.3. The number of aromatic nitrogens is 4. The van der Waals surface area contributed by atoms with E-state index in [4.69, 9.17) is 0 Å². The summed E-state index contributed by atoms with van der Waals surface area (Å²) in [6, 6.07) is 17.2. The van der Waals surface area contributed by atoms with Gasteiger partial charge < -0.3 is 25.9 Å². The molecule has 3 heterocycles. The molecule has 5 rings (SSSR count). The summed E-state index contributed by atoms with van der Waals surface area (Å²) in [5.41, 5.74) is 11.0. The Hall–Kier alpha value is -3.75. The highest BCUT2D eigenvalue weighted by atomic mass is 16.2. The molecule has 226 valence electrons. The number of likely N-dealkylation sites (tertiary alicyclic amines) is 1. The molecule has 0 radical (unpaired) electrons. The predicted molar refractivity (Wildman–Crippen MR) is 174 cm³/mol. The molecule has 1 aliphatic rings. The van der Waals surface area contributed by atoms with Gasteiger partial charge in [-0.05, 0) is 61.0 Å². The molecule has 1 fully saturated rings. The second-order valence-electron chi connectivity index (χ2n) is 10.6. The Balaban J connectivity index is 0.00000116. The average Bonchev–Trinajstić information content (AvgIpc) is 3.81. The van der Waals surface area contributed by atoms with Crippen molar-refractivity contribution < 1.29 is 4.79 Å². The van der Waals surface area contributed by atoms with E-state index < -0.39 is 0 Å². The number of carbonyl (C=O) groups is 1. The predicted octanol–water partition coefficient (Wildman–Crippen LogP) is 6.94. The van der Waals surface area contributed by atoms with Gasteiger partial charge in [-0.25, -0.2) is 9.97 Å². The first-order chi connectivity index (χ1) is 20.5. The van der Waals surface area contributed by atoms with Crippen molar-refractivity contribution in [3.05, 3.63) is 72.6 Å². The molecule has 0 spiro atoms. The lowest BCUT2D eigenvalue weighted by Gasteiger charge is -2.24. The highest BCUT2D eigenvalue weighted by molar-refractivity contribution is 5.77. The number of hydrogen-bond donors (Lipinski definition) is 4. The molecule has 1 amide bonds. The van der Waals surface area contributed by atoms with Gasteiger partial charge in [0, 0.05) is 13.0 Å². The van der Waals surface area contributed by atoms with Crippen LogP contribution in [0.3, 0.4) is 0 Å². The number of hydrogen-bond acceptors (Lipinski definition) is 5. The number of carbonyl (C=O) groups excluding carboxylic acids is 1. The Morgan fingerprint density at radius 3 is 2.05 bits per heavy atom. The SMILES string of the molecule is CC.CCCNCc1ncc(-c2ccc(-c3ccc(-c4cnc(C5CCCN5C(=O)CC(C)C)[nH]4)cc3)cc2)[nH]1.CN. The first-order valence-corrected chi connectivity index (χ1v) is 15.4. The maximum absolute atomic E-state index is 12.7. The molecule has 2 aromatic carbocycles. The van der Waals surface area contributed by atoms with Crippen LogP contribution in [0.5, 0.6) is 0 Å². The molecular weight excluding hydrogens is 522 g/mol. The third-order valence-corrected chi connectivity index (χ3v) is 7.14. The van der Waals surface area contributed by atoms with Crippen LogP contribution in [0.25, 0.3) is 33.6 Å². The number of amides is 1. The zero-order chi connectivity index (χ0) is 30.5. The van der Waals surface area contributed by atoms with Crippen LogP contribution >= 0.6 is 0 Å². The van der Waals surface area contributed by atoms with Crippen LogP contribution in [-0.2, 0) is 11.3 Å². The number of rotatable bonds is 10. The molecule has 4 aromatic rings. The second kappa shape index (κ2) is 16.6. The smallest absolute Gasteiger partial charge is 0.223 e. The van der Waals surface area contributed by atoms with Gasteiger partial charge in [-0.15, -0.1) is 0 Å². The lowest BCUT2D eigenvalue weighted by molar-refractivity contribution is -0.133. The van der Waals surface area contributed by atoms with Gasteiger partial charge in [0.1, 0.15) is 11.6 Å². The summed E-state index contributed by atoms with van der Waals surface area (Å²) in [7, 11) is 1.50. The summed E-state index contributed by atoms with van der Waals surface area (Å²) < 4.78 is 0.